The second kappa shape index (κ2) is 9.59. The average Bonchev–Trinajstić information content (AvgIpc) is 2.82. The number of benzene rings is 2. The summed E-state index contributed by atoms with van der Waals surface area (Å²) < 4.78 is 0. The first-order valence-corrected chi connectivity index (χ1v) is 11.8. The lowest BCUT2D eigenvalue weighted by molar-refractivity contribution is -0.125. The van der Waals surface area contributed by atoms with Crippen LogP contribution in [0.15, 0.2) is 53.6 Å². The fourth-order valence-electron chi connectivity index (χ4n) is 4.02. The molecule has 4 rings (SSSR count). The van der Waals surface area contributed by atoms with Crippen LogP contribution < -0.4 is 10.2 Å². The highest BCUT2D eigenvalue weighted by Crippen LogP contribution is 2.34. The summed E-state index contributed by atoms with van der Waals surface area (Å²) in [5.41, 5.74) is 3.31. The number of amides is 1. The van der Waals surface area contributed by atoms with Gasteiger partial charge in [-0.25, -0.2) is 0 Å². The predicted molar refractivity (Wildman–Crippen MR) is 126 cm³/mol. The maximum atomic E-state index is 12.7. The van der Waals surface area contributed by atoms with E-state index in [9.17, 15) is 10.1 Å². The molecule has 0 unspecified atom stereocenters. The summed E-state index contributed by atoms with van der Waals surface area (Å²) in [5, 5.41) is 14.2. The molecule has 1 saturated heterocycles. The van der Waals surface area contributed by atoms with Crippen molar-refractivity contribution in [1.82, 2.24) is 10.3 Å². The molecule has 0 atom stereocenters. The van der Waals surface area contributed by atoms with E-state index in [0.717, 1.165) is 35.0 Å². The highest BCUT2D eigenvalue weighted by Gasteiger charge is 2.27. The van der Waals surface area contributed by atoms with Gasteiger partial charge in [0.05, 0.1) is 16.8 Å². The smallest absolute Gasteiger partial charge is 0.223 e. The Labute approximate surface area is 191 Å². The Balaban J connectivity index is 1.42. The number of nitriles is 1. The molecule has 1 aromatic heterocycles. The first kappa shape index (κ1) is 21.5. The predicted octanol–water partition coefficient (Wildman–Crippen LogP) is 5.01. The summed E-state index contributed by atoms with van der Waals surface area (Å²) in [7, 11) is 0. The summed E-state index contributed by atoms with van der Waals surface area (Å²) in [6.45, 7) is 1.96. The molecule has 1 fully saturated rings. The van der Waals surface area contributed by atoms with Crippen molar-refractivity contribution in [3.63, 3.8) is 0 Å². The van der Waals surface area contributed by atoms with E-state index in [2.05, 4.69) is 45.5 Å². The fraction of sp³-hybridized carbons (Fsp3) is 0.292. The number of piperidine rings is 1. The molecule has 5 nitrogen and oxygen atoms in total. The molecule has 0 radical (unpaired) electrons. The van der Waals surface area contributed by atoms with Crippen molar-refractivity contribution in [3.05, 3.63) is 64.8 Å². The number of pyridine rings is 1. The van der Waals surface area contributed by atoms with Crippen LogP contribution in [0.5, 0.6) is 0 Å². The van der Waals surface area contributed by atoms with Crippen molar-refractivity contribution < 1.29 is 4.79 Å². The van der Waals surface area contributed by atoms with Crippen LogP contribution in [0.1, 0.15) is 24.0 Å². The second-order valence-electron chi connectivity index (χ2n) is 7.62. The van der Waals surface area contributed by atoms with Crippen LogP contribution in [0, 0.1) is 17.2 Å². The van der Waals surface area contributed by atoms with Gasteiger partial charge in [0.1, 0.15) is 6.07 Å². The van der Waals surface area contributed by atoms with Gasteiger partial charge in [-0.05, 0) is 55.0 Å². The largest absolute Gasteiger partial charge is 0.370 e. The normalized spacial score (nSPS) is 14.4. The van der Waals surface area contributed by atoms with E-state index in [1.807, 2.05) is 18.4 Å². The van der Waals surface area contributed by atoms with Gasteiger partial charge in [0.2, 0.25) is 5.91 Å². The van der Waals surface area contributed by atoms with Crippen molar-refractivity contribution in [2.24, 2.45) is 5.92 Å². The topological polar surface area (TPSA) is 69.0 Å². The van der Waals surface area contributed by atoms with Crippen LogP contribution in [0.3, 0.4) is 0 Å². The van der Waals surface area contributed by atoms with Gasteiger partial charge < -0.3 is 10.2 Å². The third kappa shape index (κ3) is 4.79. The molecule has 7 heteroatoms. The molecule has 0 aliphatic carbocycles. The maximum absolute atomic E-state index is 12.7. The molecule has 1 aliphatic heterocycles. The molecule has 158 valence electrons. The number of thioether (sulfide) groups is 1. The second-order valence-corrected chi connectivity index (χ2v) is 8.94. The Morgan fingerprint density at radius 2 is 2.00 bits per heavy atom. The highest BCUT2D eigenvalue weighted by molar-refractivity contribution is 7.98. The van der Waals surface area contributed by atoms with Crippen molar-refractivity contribution in [3.8, 4) is 6.07 Å². The van der Waals surface area contributed by atoms with Gasteiger partial charge in [-0.3, -0.25) is 9.78 Å². The number of carbonyl (C=O) groups excluding carboxylic acids is 1. The van der Waals surface area contributed by atoms with Crippen LogP contribution in [0.2, 0.25) is 5.02 Å². The van der Waals surface area contributed by atoms with Crippen LogP contribution >= 0.6 is 23.4 Å². The van der Waals surface area contributed by atoms with Crippen LogP contribution in [0.4, 0.5) is 5.69 Å². The number of anilines is 1. The van der Waals surface area contributed by atoms with E-state index in [-0.39, 0.29) is 11.8 Å². The molecule has 1 amide bonds. The fourth-order valence-corrected chi connectivity index (χ4v) is 4.60. The van der Waals surface area contributed by atoms with Gasteiger partial charge in [-0.1, -0.05) is 23.7 Å². The third-order valence-electron chi connectivity index (χ3n) is 5.73. The molecule has 0 bridgehead atoms. The number of rotatable bonds is 5. The van der Waals surface area contributed by atoms with Gasteiger partial charge in [-0.2, -0.15) is 5.26 Å². The summed E-state index contributed by atoms with van der Waals surface area (Å²) >= 11 is 7.91. The Morgan fingerprint density at radius 3 is 2.68 bits per heavy atom. The van der Waals surface area contributed by atoms with Crippen molar-refractivity contribution in [2.75, 3.05) is 24.2 Å². The van der Waals surface area contributed by atoms with E-state index < -0.39 is 0 Å². The van der Waals surface area contributed by atoms with Gasteiger partial charge >= 0.3 is 0 Å². The van der Waals surface area contributed by atoms with Crippen LogP contribution in [-0.2, 0) is 11.3 Å². The molecule has 31 heavy (non-hydrogen) atoms. The molecule has 0 saturated carbocycles. The number of aromatic nitrogens is 1. The number of halogens is 1. The Hall–Kier alpha value is -2.75. The van der Waals surface area contributed by atoms with E-state index in [0.29, 0.717) is 30.2 Å². The standard InChI is InChI=1S/C24H23ClN4OS/c1-31-20-5-2-16(3-6-20)14-28-24(30)17-8-10-29(11-9-17)23-18(13-26)15-27-22-7-4-19(25)12-21(22)23/h2-7,12,15,17H,8-11,14H2,1H3,(H,28,30). The Kier molecular flexibility index (Phi) is 6.64. The Morgan fingerprint density at radius 1 is 1.26 bits per heavy atom. The summed E-state index contributed by atoms with van der Waals surface area (Å²) in [4.78, 5) is 20.5. The van der Waals surface area contributed by atoms with Gasteiger partial charge in [0.15, 0.2) is 0 Å². The van der Waals surface area contributed by atoms with Gasteiger partial charge in [0, 0.05) is 47.1 Å². The lowest BCUT2D eigenvalue weighted by atomic mass is 9.94. The van der Waals surface area contributed by atoms with Crippen LogP contribution in [-0.4, -0.2) is 30.2 Å². The molecular formula is C24H23ClN4OS. The van der Waals surface area contributed by atoms with E-state index >= 15 is 0 Å². The first-order chi connectivity index (χ1) is 15.1. The molecular weight excluding hydrogens is 428 g/mol. The molecule has 3 aromatic rings. The number of nitrogens with one attached hydrogen (secondary N) is 1. The van der Waals surface area contributed by atoms with E-state index in [4.69, 9.17) is 11.6 Å². The number of hydrogen-bond acceptors (Lipinski definition) is 5. The average molecular weight is 451 g/mol. The summed E-state index contributed by atoms with van der Waals surface area (Å²) in [6.07, 6.45) is 5.15. The maximum Gasteiger partial charge on any atom is 0.223 e. The third-order valence-corrected chi connectivity index (χ3v) is 6.71. The summed E-state index contributed by atoms with van der Waals surface area (Å²) in [5.74, 6) is 0.0701. The SMILES string of the molecule is CSc1ccc(CNC(=O)C2CCN(c3c(C#N)cnc4ccc(Cl)cc34)CC2)cc1. The minimum Gasteiger partial charge on any atom is -0.370 e. The first-order valence-electron chi connectivity index (χ1n) is 10.2. The quantitative estimate of drug-likeness (QED) is 0.553. The number of hydrogen-bond donors (Lipinski definition) is 1. The van der Waals surface area contributed by atoms with Crippen molar-refractivity contribution >= 4 is 45.9 Å². The number of nitrogens with zero attached hydrogens (tertiary/aromatic N) is 3. The minimum absolute atomic E-state index is 0.0241. The van der Waals surface area contributed by atoms with Crippen molar-refractivity contribution in [2.45, 2.75) is 24.3 Å². The molecule has 0 spiro atoms. The lowest BCUT2D eigenvalue weighted by Gasteiger charge is -2.34. The monoisotopic (exact) mass is 450 g/mol. The Bertz CT molecular complexity index is 1130. The van der Waals surface area contributed by atoms with E-state index in [1.54, 1.807) is 24.0 Å². The lowest BCUT2D eigenvalue weighted by Crippen LogP contribution is -2.40. The minimum atomic E-state index is -0.0241. The zero-order valence-electron chi connectivity index (χ0n) is 17.3. The highest BCUT2D eigenvalue weighted by atomic mass is 35.5. The molecule has 1 aliphatic rings. The van der Waals surface area contributed by atoms with E-state index in [1.165, 1.54) is 4.90 Å². The molecule has 2 aromatic carbocycles. The zero-order chi connectivity index (χ0) is 21.8. The summed E-state index contributed by atoms with van der Waals surface area (Å²) in [6, 6.07) is 16.0. The van der Waals surface area contributed by atoms with Gasteiger partial charge in [-0.15, -0.1) is 11.8 Å². The zero-order valence-corrected chi connectivity index (χ0v) is 18.8. The van der Waals surface area contributed by atoms with Crippen LogP contribution in [0.25, 0.3) is 10.9 Å². The number of carbonyl (C=O) groups is 1. The number of fused-ring (bicyclic) bond motifs is 1. The van der Waals surface area contributed by atoms with Gasteiger partial charge in [0.25, 0.3) is 0 Å². The molecule has 1 N–H and O–H groups in total. The molecule has 2 heterocycles. The van der Waals surface area contributed by atoms with Crippen molar-refractivity contribution in [1.29, 1.82) is 5.26 Å².